The van der Waals surface area contributed by atoms with E-state index in [0.717, 1.165) is 19.6 Å². The Balaban J connectivity index is 2.02. The Morgan fingerprint density at radius 2 is 2.29 bits per heavy atom. The summed E-state index contributed by atoms with van der Waals surface area (Å²) in [6, 6.07) is 6.32. The van der Waals surface area contributed by atoms with Crippen molar-refractivity contribution in [1.29, 1.82) is 0 Å². The fourth-order valence-electron chi connectivity index (χ4n) is 2.37. The van der Waals surface area contributed by atoms with Crippen molar-refractivity contribution in [3.63, 3.8) is 0 Å². The molecule has 0 aliphatic carbocycles. The molecule has 0 bridgehead atoms. The number of ether oxygens (including phenoxy) is 1. The first-order valence-electron chi connectivity index (χ1n) is 5.93. The van der Waals surface area contributed by atoms with Crippen LogP contribution in [0.3, 0.4) is 0 Å². The average Bonchev–Trinajstić information content (AvgIpc) is 2.70. The lowest BCUT2D eigenvalue weighted by atomic mass is 10.1. The van der Waals surface area contributed by atoms with Gasteiger partial charge >= 0.3 is 0 Å². The van der Waals surface area contributed by atoms with Crippen molar-refractivity contribution in [1.82, 2.24) is 4.90 Å². The molecule has 1 aliphatic heterocycles. The standard InChI is InChI=1S/C13H19ClN2O/c1-9-13(5-6-17-9)16(2)8-10-3-4-12(15)11(14)7-10/h3-4,7,9,13H,5-6,8,15H2,1-2H3. The Bertz CT molecular complexity index is 397. The summed E-state index contributed by atoms with van der Waals surface area (Å²) in [5, 5.41) is 0.631. The molecule has 3 nitrogen and oxygen atoms in total. The van der Waals surface area contributed by atoms with Crippen LogP contribution in [0.5, 0.6) is 0 Å². The van der Waals surface area contributed by atoms with Gasteiger partial charge in [0.25, 0.3) is 0 Å². The predicted molar refractivity (Wildman–Crippen MR) is 71.2 cm³/mol. The van der Waals surface area contributed by atoms with Gasteiger partial charge in [-0.25, -0.2) is 0 Å². The molecule has 0 saturated carbocycles. The predicted octanol–water partition coefficient (Wildman–Crippen LogP) is 2.53. The molecule has 0 radical (unpaired) electrons. The topological polar surface area (TPSA) is 38.5 Å². The van der Waals surface area contributed by atoms with Crippen LogP contribution in [-0.2, 0) is 11.3 Å². The molecule has 4 heteroatoms. The van der Waals surface area contributed by atoms with Crippen molar-refractivity contribution < 1.29 is 4.74 Å². The second kappa shape index (κ2) is 5.25. The van der Waals surface area contributed by atoms with Crippen LogP contribution in [0.25, 0.3) is 0 Å². The number of nitrogen functional groups attached to an aromatic ring is 1. The first-order chi connectivity index (χ1) is 8.08. The van der Waals surface area contributed by atoms with Gasteiger partial charge in [-0.1, -0.05) is 17.7 Å². The van der Waals surface area contributed by atoms with Gasteiger partial charge in [-0.05, 0) is 38.1 Å². The molecule has 1 aromatic carbocycles. The number of hydrogen-bond acceptors (Lipinski definition) is 3. The molecule has 17 heavy (non-hydrogen) atoms. The zero-order valence-electron chi connectivity index (χ0n) is 10.3. The molecule has 0 spiro atoms. The molecule has 2 unspecified atom stereocenters. The minimum Gasteiger partial charge on any atom is -0.398 e. The molecule has 1 saturated heterocycles. The van der Waals surface area contributed by atoms with Crippen LogP contribution in [0, 0.1) is 0 Å². The van der Waals surface area contributed by atoms with E-state index in [1.54, 1.807) is 0 Å². The number of nitrogens with zero attached hydrogens (tertiary/aromatic N) is 1. The van der Waals surface area contributed by atoms with E-state index < -0.39 is 0 Å². The monoisotopic (exact) mass is 254 g/mol. The van der Waals surface area contributed by atoms with E-state index in [4.69, 9.17) is 22.1 Å². The number of anilines is 1. The molecule has 0 amide bonds. The van der Waals surface area contributed by atoms with Gasteiger partial charge < -0.3 is 10.5 Å². The number of hydrogen-bond donors (Lipinski definition) is 1. The van der Waals surface area contributed by atoms with Crippen LogP contribution < -0.4 is 5.73 Å². The highest BCUT2D eigenvalue weighted by Crippen LogP contribution is 2.23. The zero-order valence-corrected chi connectivity index (χ0v) is 11.1. The van der Waals surface area contributed by atoms with Crippen LogP contribution >= 0.6 is 11.6 Å². The molecule has 2 N–H and O–H groups in total. The third kappa shape index (κ3) is 2.92. The largest absolute Gasteiger partial charge is 0.398 e. The van der Waals surface area contributed by atoms with Gasteiger partial charge in [0, 0.05) is 19.2 Å². The van der Waals surface area contributed by atoms with Crippen molar-refractivity contribution in [2.75, 3.05) is 19.4 Å². The molecular formula is C13H19ClN2O. The van der Waals surface area contributed by atoms with Crippen molar-refractivity contribution in [3.05, 3.63) is 28.8 Å². The Labute approximate surface area is 107 Å². The number of rotatable bonds is 3. The minimum absolute atomic E-state index is 0.309. The van der Waals surface area contributed by atoms with Gasteiger partial charge in [0.15, 0.2) is 0 Å². The van der Waals surface area contributed by atoms with E-state index in [-0.39, 0.29) is 0 Å². The highest BCUT2D eigenvalue weighted by Gasteiger charge is 2.27. The molecule has 2 atom stereocenters. The SMILES string of the molecule is CC1OCCC1N(C)Cc1ccc(N)c(Cl)c1. The lowest BCUT2D eigenvalue weighted by Crippen LogP contribution is -2.36. The van der Waals surface area contributed by atoms with Crippen molar-refractivity contribution >= 4 is 17.3 Å². The van der Waals surface area contributed by atoms with Gasteiger partial charge in [-0.2, -0.15) is 0 Å². The molecule has 94 valence electrons. The first-order valence-corrected chi connectivity index (χ1v) is 6.31. The van der Waals surface area contributed by atoms with Crippen LogP contribution in [0.4, 0.5) is 5.69 Å². The van der Waals surface area contributed by atoms with Crippen LogP contribution in [0.15, 0.2) is 18.2 Å². The second-order valence-corrected chi connectivity index (χ2v) is 5.11. The summed E-state index contributed by atoms with van der Waals surface area (Å²) in [6.07, 6.45) is 1.41. The Morgan fingerprint density at radius 1 is 1.53 bits per heavy atom. The van der Waals surface area contributed by atoms with Gasteiger partial charge in [0.1, 0.15) is 0 Å². The van der Waals surface area contributed by atoms with E-state index in [1.807, 2.05) is 18.2 Å². The van der Waals surface area contributed by atoms with Gasteiger partial charge in [0.2, 0.25) is 0 Å². The fraction of sp³-hybridized carbons (Fsp3) is 0.538. The zero-order chi connectivity index (χ0) is 12.4. The molecule has 1 heterocycles. The minimum atomic E-state index is 0.309. The smallest absolute Gasteiger partial charge is 0.0703 e. The van der Waals surface area contributed by atoms with E-state index in [1.165, 1.54) is 5.56 Å². The van der Waals surface area contributed by atoms with E-state index >= 15 is 0 Å². The number of likely N-dealkylation sites (N-methyl/N-ethyl adjacent to an activating group) is 1. The van der Waals surface area contributed by atoms with Crippen LogP contribution in [-0.4, -0.2) is 30.7 Å². The number of halogens is 1. The normalized spacial score (nSPS) is 24.5. The van der Waals surface area contributed by atoms with Crippen LogP contribution in [0.2, 0.25) is 5.02 Å². The van der Waals surface area contributed by atoms with E-state index in [9.17, 15) is 0 Å². The van der Waals surface area contributed by atoms with E-state index in [0.29, 0.717) is 22.9 Å². The van der Waals surface area contributed by atoms with Crippen molar-refractivity contribution in [2.24, 2.45) is 0 Å². The van der Waals surface area contributed by atoms with Crippen molar-refractivity contribution in [2.45, 2.75) is 32.0 Å². The molecule has 1 fully saturated rings. The summed E-state index contributed by atoms with van der Waals surface area (Å²) in [6.45, 7) is 3.86. The van der Waals surface area contributed by atoms with E-state index in [2.05, 4.69) is 18.9 Å². The summed E-state index contributed by atoms with van der Waals surface area (Å²) < 4.78 is 5.58. The maximum absolute atomic E-state index is 6.02. The third-order valence-corrected chi connectivity index (χ3v) is 3.73. The summed E-state index contributed by atoms with van der Waals surface area (Å²) in [5.74, 6) is 0. The maximum Gasteiger partial charge on any atom is 0.0703 e. The Morgan fingerprint density at radius 3 is 2.88 bits per heavy atom. The molecule has 1 aromatic rings. The summed E-state index contributed by atoms with van der Waals surface area (Å²) in [4.78, 5) is 2.32. The highest BCUT2D eigenvalue weighted by molar-refractivity contribution is 6.33. The van der Waals surface area contributed by atoms with Crippen LogP contribution in [0.1, 0.15) is 18.9 Å². The molecule has 1 aliphatic rings. The first kappa shape index (κ1) is 12.7. The van der Waals surface area contributed by atoms with Gasteiger partial charge in [-0.15, -0.1) is 0 Å². The summed E-state index contributed by atoms with van der Waals surface area (Å²) in [5.41, 5.74) is 7.52. The third-order valence-electron chi connectivity index (χ3n) is 3.40. The Hall–Kier alpha value is -0.770. The lowest BCUT2D eigenvalue weighted by molar-refractivity contribution is 0.0814. The lowest BCUT2D eigenvalue weighted by Gasteiger charge is -2.26. The molecule has 0 aromatic heterocycles. The number of nitrogens with two attached hydrogens (primary N) is 1. The maximum atomic E-state index is 6.02. The second-order valence-electron chi connectivity index (χ2n) is 4.70. The molecular weight excluding hydrogens is 236 g/mol. The fourth-order valence-corrected chi connectivity index (χ4v) is 2.58. The summed E-state index contributed by atoms with van der Waals surface area (Å²) in [7, 11) is 2.13. The highest BCUT2D eigenvalue weighted by atomic mass is 35.5. The summed E-state index contributed by atoms with van der Waals surface area (Å²) >= 11 is 6.02. The van der Waals surface area contributed by atoms with Crippen molar-refractivity contribution in [3.8, 4) is 0 Å². The quantitative estimate of drug-likeness (QED) is 0.843. The van der Waals surface area contributed by atoms with Gasteiger partial charge in [-0.3, -0.25) is 4.90 Å². The average molecular weight is 255 g/mol. The number of benzene rings is 1. The Kier molecular flexibility index (Phi) is 3.92. The van der Waals surface area contributed by atoms with Gasteiger partial charge in [0.05, 0.1) is 16.8 Å². The molecule has 2 rings (SSSR count).